The highest BCUT2D eigenvalue weighted by Gasteiger charge is 2.38. The average Bonchev–Trinajstić information content (AvgIpc) is 2.94. The number of alkyl halides is 3. The van der Waals surface area contributed by atoms with Crippen LogP contribution in [0.25, 0.3) is 5.65 Å². The summed E-state index contributed by atoms with van der Waals surface area (Å²) in [6, 6.07) is 3.16. The SMILES string of the molecule is CN(C1CN(c2ccc3nnc(C(C)(C)C)n3n2)C1)S(=O)(=O)CCC(F)(F)F. The van der Waals surface area contributed by atoms with E-state index in [4.69, 9.17) is 0 Å². The van der Waals surface area contributed by atoms with E-state index in [9.17, 15) is 21.6 Å². The van der Waals surface area contributed by atoms with Gasteiger partial charge in [0, 0.05) is 25.6 Å². The number of likely N-dealkylation sites (N-methyl/N-ethyl adjacent to an activating group) is 1. The zero-order valence-electron chi connectivity index (χ0n) is 16.1. The molecule has 0 aliphatic carbocycles. The molecule has 12 heteroatoms. The van der Waals surface area contributed by atoms with E-state index in [-0.39, 0.29) is 5.41 Å². The van der Waals surface area contributed by atoms with Gasteiger partial charge in [-0.15, -0.1) is 15.3 Å². The van der Waals surface area contributed by atoms with Crippen LogP contribution in [0.15, 0.2) is 12.1 Å². The maximum absolute atomic E-state index is 12.3. The maximum atomic E-state index is 12.3. The normalized spacial score (nSPS) is 16.8. The first kappa shape index (κ1) is 20.8. The summed E-state index contributed by atoms with van der Waals surface area (Å²) in [6.07, 6.45) is -5.85. The topological polar surface area (TPSA) is 83.7 Å². The number of fused-ring (bicyclic) bond motifs is 1. The predicted octanol–water partition coefficient (Wildman–Crippen LogP) is 1.82. The number of hydrogen-bond donors (Lipinski definition) is 0. The molecule has 1 fully saturated rings. The third-order valence-corrected chi connectivity index (χ3v) is 6.60. The van der Waals surface area contributed by atoms with E-state index >= 15 is 0 Å². The Balaban J connectivity index is 1.69. The fourth-order valence-electron chi connectivity index (χ4n) is 2.90. The molecule has 3 rings (SSSR count). The van der Waals surface area contributed by atoms with Gasteiger partial charge in [0.05, 0.1) is 18.2 Å². The monoisotopic (exact) mass is 420 g/mol. The molecule has 0 unspecified atom stereocenters. The quantitative estimate of drug-likeness (QED) is 0.734. The van der Waals surface area contributed by atoms with Crippen molar-refractivity contribution < 1.29 is 21.6 Å². The minimum Gasteiger partial charge on any atom is -0.352 e. The summed E-state index contributed by atoms with van der Waals surface area (Å²) in [5, 5.41) is 12.8. The van der Waals surface area contributed by atoms with Crippen LogP contribution in [-0.2, 0) is 15.4 Å². The van der Waals surface area contributed by atoms with Crippen molar-refractivity contribution in [1.29, 1.82) is 0 Å². The van der Waals surface area contributed by atoms with E-state index in [0.717, 1.165) is 4.31 Å². The van der Waals surface area contributed by atoms with E-state index in [1.54, 1.807) is 16.6 Å². The number of rotatable bonds is 5. The minimum absolute atomic E-state index is 0.255. The smallest absolute Gasteiger partial charge is 0.352 e. The Morgan fingerprint density at radius 1 is 1.18 bits per heavy atom. The molecule has 2 aromatic rings. The van der Waals surface area contributed by atoms with Gasteiger partial charge in [0.2, 0.25) is 10.0 Å². The van der Waals surface area contributed by atoms with E-state index in [0.29, 0.717) is 30.4 Å². The first-order valence-corrected chi connectivity index (χ1v) is 10.4. The number of hydrogen-bond acceptors (Lipinski definition) is 6. The van der Waals surface area contributed by atoms with Crippen LogP contribution in [-0.4, -0.2) is 70.6 Å². The summed E-state index contributed by atoms with van der Waals surface area (Å²) in [5.41, 5.74) is 0.354. The maximum Gasteiger partial charge on any atom is 0.390 e. The van der Waals surface area contributed by atoms with Crippen molar-refractivity contribution in [3.63, 3.8) is 0 Å². The van der Waals surface area contributed by atoms with Gasteiger partial charge in [-0.05, 0) is 12.1 Å². The molecule has 1 aliphatic heterocycles. The molecule has 0 saturated carbocycles. The molecule has 3 heterocycles. The zero-order chi connectivity index (χ0) is 20.9. The second-order valence-electron chi connectivity index (χ2n) is 7.99. The molecule has 0 radical (unpaired) electrons. The molecule has 2 aromatic heterocycles. The van der Waals surface area contributed by atoms with Crippen LogP contribution in [0.4, 0.5) is 19.0 Å². The van der Waals surface area contributed by atoms with Gasteiger partial charge in [-0.1, -0.05) is 20.8 Å². The molecule has 0 amide bonds. The fraction of sp³-hybridized carbons (Fsp3) is 0.688. The Morgan fingerprint density at radius 3 is 2.39 bits per heavy atom. The summed E-state index contributed by atoms with van der Waals surface area (Å²) in [4.78, 5) is 1.87. The Bertz CT molecular complexity index is 961. The van der Waals surface area contributed by atoms with Crippen molar-refractivity contribution in [3.05, 3.63) is 18.0 Å². The van der Waals surface area contributed by atoms with Crippen LogP contribution in [0.5, 0.6) is 0 Å². The molecular weight excluding hydrogens is 397 g/mol. The highest BCUT2D eigenvalue weighted by molar-refractivity contribution is 7.89. The molecule has 0 bridgehead atoms. The Kier molecular flexibility index (Phi) is 5.07. The van der Waals surface area contributed by atoms with E-state index < -0.39 is 34.4 Å². The Hall–Kier alpha value is -1.95. The van der Waals surface area contributed by atoms with E-state index in [2.05, 4.69) is 15.3 Å². The van der Waals surface area contributed by atoms with Crippen molar-refractivity contribution in [2.24, 2.45) is 0 Å². The first-order valence-electron chi connectivity index (χ1n) is 8.78. The second kappa shape index (κ2) is 6.83. The second-order valence-corrected chi connectivity index (χ2v) is 10.1. The van der Waals surface area contributed by atoms with Crippen molar-refractivity contribution in [2.45, 2.75) is 44.8 Å². The molecule has 0 aromatic carbocycles. The van der Waals surface area contributed by atoms with Gasteiger partial charge < -0.3 is 4.90 Å². The Morgan fingerprint density at radius 2 is 1.82 bits per heavy atom. The van der Waals surface area contributed by atoms with Gasteiger partial charge in [0.1, 0.15) is 5.82 Å². The summed E-state index contributed by atoms with van der Waals surface area (Å²) in [5.74, 6) is 0.395. The zero-order valence-corrected chi connectivity index (χ0v) is 16.9. The van der Waals surface area contributed by atoms with Crippen LogP contribution < -0.4 is 4.90 Å². The van der Waals surface area contributed by atoms with Gasteiger partial charge >= 0.3 is 6.18 Å². The van der Waals surface area contributed by atoms with Crippen LogP contribution in [0.1, 0.15) is 33.0 Å². The minimum atomic E-state index is -4.50. The lowest BCUT2D eigenvalue weighted by molar-refractivity contribution is -0.130. The summed E-state index contributed by atoms with van der Waals surface area (Å²) in [7, 11) is -2.65. The summed E-state index contributed by atoms with van der Waals surface area (Å²) >= 11 is 0. The Labute approximate surface area is 161 Å². The number of sulfonamides is 1. The predicted molar refractivity (Wildman–Crippen MR) is 97.7 cm³/mol. The van der Waals surface area contributed by atoms with Crippen LogP contribution in [0.3, 0.4) is 0 Å². The third-order valence-electron chi connectivity index (χ3n) is 4.70. The summed E-state index contributed by atoms with van der Waals surface area (Å²) in [6.45, 7) is 6.70. The first-order chi connectivity index (χ1) is 12.8. The van der Waals surface area contributed by atoms with Crippen molar-refractivity contribution in [3.8, 4) is 0 Å². The van der Waals surface area contributed by atoms with Crippen LogP contribution in [0, 0.1) is 0 Å². The van der Waals surface area contributed by atoms with Crippen LogP contribution >= 0.6 is 0 Å². The molecule has 28 heavy (non-hydrogen) atoms. The third kappa shape index (κ3) is 4.22. The molecule has 0 spiro atoms. The highest BCUT2D eigenvalue weighted by atomic mass is 32.2. The molecule has 1 aliphatic rings. The largest absolute Gasteiger partial charge is 0.390 e. The lowest BCUT2D eigenvalue weighted by Crippen LogP contribution is -2.60. The number of anilines is 1. The van der Waals surface area contributed by atoms with Gasteiger partial charge in [-0.25, -0.2) is 8.42 Å². The number of aromatic nitrogens is 4. The lowest BCUT2D eigenvalue weighted by atomic mass is 9.96. The molecule has 0 atom stereocenters. The summed E-state index contributed by atoms with van der Waals surface area (Å²) < 4.78 is 63.9. The average molecular weight is 420 g/mol. The molecule has 8 nitrogen and oxygen atoms in total. The number of halogens is 3. The van der Waals surface area contributed by atoms with Gasteiger partial charge in [-0.3, -0.25) is 0 Å². The molecular formula is C16H23F3N6O2S. The van der Waals surface area contributed by atoms with Crippen molar-refractivity contribution >= 4 is 21.5 Å². The van der Waals surface area contributed by atoms with Gasteiger partial charge in [0.25, 0.3) is 0 Å². The fourth-order valence-corrected chi connectivity index (χ4v) is 4.27. The van der Waals surface area contributed by atoms with E-state index in [1.807, 2.05) is 25.7 Å². The van der Waals surface area contributed by atoms with E-state index in [1.165, 1.54) is 7.05 Å². The van der Waals surface area contributed by atoms with Crippen LogP contribution in [0.2, 0.25) is 0 Å². The van der Waals surface area contributed by atoms with Gasteiger partial charge in [0.15, 0.2) is 11.5 Å². The highest BCUT2D eigenvalue weighted by Crippen LogP contribution is 2.27. The molecule has 0 N–H and O–H groups in total. The molecule has 156 valence electrons. The number of nitrogens with zero attached hydrogens (tertiary/aromatic N) is 6. The van der Waals surface area contributed by atoms with Crippen molar-refractivity contribution in [1.82, 2.24) is 24.1 Å². The standard InChI is InChI=1S/C16H23F3N6O2S/c1-15(2,3)14-21-20-12-5-6-13(22-25(12)14)24-9-11(10-24)23(4)28(26,27)8-7-16(17,18)19/h5-6,11H,7-10H2,1-4H3. The lowest BCUT2D eigenvalue weighted by Gasteiger charge is -2.43. The van der Waals surface area contributed by atoms with Gasteiger partial charge in [-0.2, -0.15) is 22.0 Å². The van der Waals surface area contributed by atoms with Crippen molar-refractivity contribution in [2.75, 3.05) is 30.8 Å². The molecule has 1 saturated heterocycles.